The standard InChI is InChI=1S/C23H30FN3O3/c1-5-25-22(27-15-23(9-10-23)17-7-6-8-18(24)12-17)26-14-16-11-20(29-3)21(30-4)13-19(16)28-2/h6-8,11-13H,5,9-10,14-15H2,1-4H3,(H2,25,26,27). The van der Waals surface area contributed by atoms with Crippen molar-refractivity contribution in [2.75, 3.05) is 34.4 Å². The van der Waals surface area contributed by atoms with Crippen molar-refractivity contribution in [1.82, 2.24) is 10.6 Å². The van der Waals surface area contributed by atoms with Gasteiger partial charge in [0.05, 0.1) is 27.9 Å². The molecule has 2 aromatic carbocycles. The Morgan fingerprint density at radius 1 is 1.00 bits per heavy atom. The molecule has 2 N–H and O–H groups in total. The SMILES string of the molecule is CCNC(=NCc1cc(OC)c(OC)cc1OC)NCC1(c2cccc(F)c2)CC1. The summed E-state index contributed by atoms with van der Waals surface area (Å²) in [5.74, 6) is 2.44. The molecule has 3 rings (SSSR count). The highest BCUT2D eigenvalue weighted by atomic mass is 19.1. The highest BCUT2D eigenvalue weighted by Crippen LogP contribution is 2.47. The Balaban J connectivity index is 1.74. The summed E-state index contributed by atoms with van der Waals surface area (Å²) < 4.78 is 29.9. The quantitative estimate of drug-likeness (QED) is 0.484. The van der Waals surface area contributed by atoms with Crippen molar-refractivity contribution in [1.29, 1.82) is 0 Å². The maximum atomic E-state index is 13.7. The van der Waals surface area contributed by atoms with E-state index in [0.717, 1.165) is 30.5 Å². The zero-order valence-corrected chi connectivity index (χ0v) is 18.0. The summed E-state index contributed by atoms with van der Waals surface area (Å²) in [7, 11) is 4.81. The second kappa shape index (κ2) is 9.69. The molecule has 1 saturated carbocycles. The van der Waals surface area contributed by atoms with Crippen molar-refractivity contribution in [3.8, 4) is 17.2 Å². The number of benzene rings is 2. The monoisotopic (exact) mass is 415 g/mol. The predicted molar refractivity (Wildman–Crippen MR) is 116 cm³/mol. The van der Waals surface area contributed by atoms with Gasteiger partial charge in [-0.05, 0) is 43.5 Å². The molecule has 0 amide bonds. The van der Waals surface area contributed by atoms with Gasteiger partial charge in [0, 0.05) is 30.1 Å². The van der Waals surface area contributed by atoms with Gasteiger partial charge >= 0.3 is 0 Å². The molecule has 162 valence electrons. The molecule has 0 aromatic heterocycles. The Kier molecular flexibility index (Phi) is 7.03. The highest BCUT2D eigenvalue weighted by Gasteiger charge is 2.44. The van der Waals surface area contributed by atoms with Crippen molar-refractivity contribution >= 4 is 5.96 Å². The molecule has 1 aliphatic rings. The Morgan fingerprint density at radius 3 is 2.30 bits per heavy atom. The Labute approximate surface area is 177 Å². The molecular weight excluding hydrogens is 385 g/mol. The molecule has 7 heteroatoms. The molecular formula is C23H30FN3O3. The molecule has 0 unspecified atom stereocenters. The molecule has 1 aliphatic carbocycles. The largest absolute Gasteiger partial charge is 0.496 e. The van der Waals surface area contributed by atoms with Crippen LogP contribution in [0.3, 0.4) is 0 Å². The molecule has 0 radical (unpaired) electrons. The summed E-state index contributed by atoms with van der Waals surface area (Å²) in [4.78, 5) is 4.71. The van der Waals surface area contributed by atoms with Gasteiger partial charge in [0.1, 0.15) is 11.6 Å². The summed E-state index contributed by atoms with van der Waals surface area (Å²) >= 11 is 0. The van der Waals surface area contributed by atoms with E-state index in [1.165, 1.54) is 6.07 Å². The van der Waals surface area contributed by atoms with E-state index in [0.29, 0.717) is 36.3 Å². The van der Waals surface area contributed by atoms with Gasteiger partial charge in [0.15, 0.2) is 17.5 Å². The van der Waals surface area contributed by atoms with E-state index in [-0.39, 0.29) is 11.2 Å². The zero-order valence-electron chi connectivity index (χ0n) is 18.0. The van der Waals surface area contributed by atoms with Gasteiger partial charge < -0.3 is 24.8 Å². The summed E-state index contributed by atoms with van der Waals surface area (Å²) in [5, 5.41) is 6.69. The number of nitrogens with one attached hydrogen (secondary N) is 2. The lowest BCUT2D eigenvalue weighted by Gasteiger charge is -2.19. The molecule has 30 heavy (non-hydrogen) atoms. The first kappa shape index (κ1) is 21.7. The van der Waals surface area contributed by atoms with Gasteiger partial charge in [0.25, 0.3) is 0 Å². The van der Waals surface area contributed by atoms with Crippen LogP contribution in [0, 0.1) is 5.82 Å². The van der Waals surface area contributed by atoms with Crippen molar-refractivity contribution in [3.63, 3.8) is 0 Å². The van der Waals surface area contributed by atoms with E-state index in [1.54, 1.807) is 39.5 Å². The van der Waals surface area contributed by atoms with E-state index in [1.807, 2.05) is 19.1 Å². The van der Waals surface area contributed by atoms with E-state index in [2.05, 4.69) is 10.6 Å². The fourth-order valence-electron chi connectivity index (χ4n) is 3.51. The van der Waals surface area contributed by atoms with Crippen LogP contribution in [-0.4, -0.2) is 40.4 Å². The van der Waals surface area contributed by atoms with E-state index in [9.17, 15) is 4.39 Å². The number of methoxy groups -OCH3 is 3. The average molecular weight is 416 g/mol. The average Bonchev–Trinajstić information content (AvgIpc) is 3.56. The van der Waals surface area contributed by atoms with E-state index < -0.39 is 0 Å². The first-order valence-corrected chi connectivity index (χ1v) is 10.1. The fourth-order valence-corrected chi connectivity index (χ4v) is 3.51. The van der Waals surface area contributed by atoms with Gasteiger partial charge in [-0.3, -0.25) is 0 Å². The van der Waals surface area contributed by atoms with Crippen LogP contribution >= 0.6 is 0 Å². The van der Waals surface area contributed by atoms with Gasteiger partial charge in [-0.25, -0.2) is 9.38 Å². The second-order valence-electron chi connectivity index (χ2n) is 7.36. The highest BCUT2D eigenvalue weighted by molar-refractivity contribution is 5.80. The van der Waals surface area contributed by atoms with Crippen molar-refractivity contribution in [2.45, 2.75) is 31.7 Å². The lowest BCUT2D eigenvalue weighted by molar-refractivity contribution is 0.347. The van der Waals surface area contributed by atoms with Crippen molar-refractivity contribution in [3.05, 3.63) is 53.3 Å². The third kappa shape index (κ3) is 4.96. The van der Waals surface area contributed by atoms with Gasteiger partial charge in [-0.1, -0.05) is 12.1 Å². The number of nitrogens with zero attached hydrogens (tertiary/aromatic N) is 1. The van der Waals surface area contributed by atoms with Crippen LogP contribution in [0.2, 0.25) is 0 Å². The van der Waals surface area contributed by atoms with Crippen LogP contribution in [0.1, 0.15) is 30.9 Å². The van der Waals surface area contributed by atoms with Crippen molar-refractivity contribution < 1.29 is 18.6 Å². The van der Waals surface area contributed by atoms with Crippen LogP contribution in [0.25, 0.3) is 0 Å². The third-order valence-corrected chi connectivity index (χ3v) is 5.42. The normalized spacial score (nSPS) is 14.8. The molecule has 0 atom stereocenters. The molecule has 0 bridgehead atoms. The zero-order chi connectivity index (χ0) is 21.6. The lowest BCUT2D eigenvalue weighted by Crippen LogP contribution is -2.41. The van der Waals surface area contributed by atoms with Crippen LogP contribution in [-0.2, 0) is 12.0 Å². The molecule has 0 saturated heterocycles. The van der Waals surface area contributed by atoms with Crippen LogP contribution in [0.5, 0.6) is 17.2 Å². The number of guanidine groups is 1. The van der Waals surface area contributed by atoms with E-state index in [4.69, 9.17) is 19.2 Å². The van der Waals surface area contributed by atoms with E-state index >= 15 is 0 Å². The summed E-state index contributed by atoms with van der Waals surface area (Å²) in [5.41, 5.74) is 1.89. The number of hydrogen-bond donors (Lipinski definition) is 2. The van der Waals surface area contributed by atoms with Crippen LogP contribution < -0.4 is 24.8 Å². The van der Waals surface area contributed by atoms with Gasteiger partial charge in [-0.2, -0.15) is 0 Å². The molecule has 0 aliphatic heterocycles. The first-order chi connectivity index (χ1) is 14.5. The first-order valence-electron chi connectivity index (χ1n) is 10.1. The van der Waals surface area contributed by atoms with Crippen molar-refractivity contribution in [2.24, 2.45) is 4.99 Å². The Morgan fingerprint density at radius 2 is 1.70 bits per heavy atom. The second-order valence-corrected chi connectivity index (χ2v) is 7.36. The minimum Gasteiger partial charge on any atom is -0.496 e. The van der Waals surface area contributed by atoms with Gasteiger partial charge in [0.2, 0.25) is 0 Å². The predicted octanol–water partition coefficient (Wildman–Crippen LogP) is 3.64. The molecule has 6 nitrogen and oxygen atoms in total. The number of hydrogen-bond acceptors (Lipinski definition) is 4. The summed E-state index contributed by atoms with van der Waals surface area (Å²) in [6.45, 7) is 3.87. The number of ether oxygens (including phenoxy) is 3. The van der Waals surface area contributed by atoms with Crippen LogP contribution in [0.4, 0.5) is 4.39 Å². The summed E-state index contributed by atoms with van der Waals surface area (Å²) in [6.07, 6.45) is 2.07. The molecule has 2 aromatic rings. The minimum atomic E-state index is -0.195. The van der Waals surface area contributed by atoms with Crippen LogP contribution in [0.15, 0.2) is 41.4 Å². The number of rotatable bonds is 9. The van der Waals surface area contributed by atoms with Gasteiger partial charge in [-0.15, -0.1) is 0 Å². The Hall–Kier alpha value is -2.96. The minimum absolute atomic E-state index is 0.0285. The number of halogens is 1. The molecule has 1 fully saturated rings. The third-order valence-electron chi connectivity index (χ3n) is 5.42. The number of aliphatic imine (C=N–C) groups is 1. The molecule has 0 spiro atoms. The summed E-state index contributed by atoms with van der Waals surface area (Å²) in [6, 6.07) is 10.6. The molecule has 0 heterocycles. The maximum absolute atomic E-state index is 13.7. The smallest absolute Gasteiger partial charge is 0.191 e. The Bertz CT molecular complexity index is 897. The maximum Gasteiger partial charge on any atom is 0.191 e. The fraction of sp³-hybridized carbons (Fsp3) is 0.435. The lowest BCUT2D eigenvalue weighted by atomic mass is 9.96. The topological polar surface area (TPSA) is 64.1 Å².